The third kappa shape index (κ3) is 1.42. The first-order valence-corrected chi connectivity index (χ1v) is 4.57. The number of halogens is 2. The van der Waals surface area contributed by atoms with Gasteiger partial charge in [0.05, 0.1) is 5.02 Å². The highest BCUT2D eigenvalue weighted by Gasteiger charge is 2.21. The summed E-state index contributed by atoms with van der Waals surface area (Å²) < 4.78 is 0. The van der Waals surface area contributed by atoms with Crippen molar-refractivity contribution in [3.63, 3.8) is 0 Å². The molecule has 2 rings (SSSR count). The summed E-state index contributed by atoms with van der Waals surface area (Å²) in [6, 6.07) is 2.19. The average Bonchev–Trinajstić information content (AvgIpc) is 1.93. The molecular weight excluding hydrogens is 195 g/mol. The molecule has 0 radical (unpaired) electrons. The molecular formula is C8H8Cl2N2. The molecule has 1 N–H and O–H groups in total. The Labute approximate surface area is 80.9 Å². The van der Waals surface area contributed by atoms with Gasteiger partial charge < -0.3 is 5.32 Å². The molecule has 1 aromatic heterocycles. The standard InChI is InChI=1S/C8H8Cl2N2/c9-6-4-12-8(10)3-5(6)7-1-2-11-7/h3-4,7,11H,1-2H2/t7-/m1/s1. The van der Waals surface area contributed by atoms with Crippen LogP contribution in [-0.4, -0.2) is 11.5 Å². The summed E-state index contributed by atoms with van der Waals surface area (Å²) in [5.41, 5.74) is 1.06. The molecule has 64 valence electrons. The molecule has 0 unspecified atom stereocenters. The van der Waals surface area contributed by atoms with Crippen LogP contribution in [0.15, 0.2) is 12.3 Å². The molecule has 12 heavy (non-hydrogen) atoms. The number of hydrogen-bond donors (Lipinski definition) is 1. The minimum absolute atomic E-state index is 0.373. The van der Waals surface area contributed by atoms with Gasteiger partial charge in [-0.15, -0.1) is 0 Å². The number of rotatable bonds is 1. The zero-order chi connectivity index (χ0) is 8.55. The molecule has 2 nitrogen and oxygen atoms in total. The summed E-state index contributed by atoms with van der Waals surface area (Å²) >= 11 is 11.7. The van der Waals surface area contributed by atoms with Crippen molar-refractivity contribution in [3.8, 4) is 0 Å². The van der Waals surface area contributed by atoms with E-state index in [4.69, 9.17) is 23.2 Å². The van der Waals surface area contributed by atoms with Gasteiger partial charge in [0.2, 0.25) is 0 Å². The molecule has 1 atom stereocenters. The molecule has 0 aromatic carbocycles. The van der Waals surface area contributed by atoms with Crippen LogP contribution in [0.25, 0.3) is 0 Å². The monoisotopic (exact) mass is 202 g/mol. The molecule has 1 aromatic rings. The van der Waals surface area contributed by atoms with Crippen LogP contribution in [0.4, 0.5) is 0 Å². The van der Waals surface area contributed by atoms with Crippen molar-refractivity contribution in [2.45, 2.75) is 12.5 Å². The number of aromatic nitrogens is 1. The second-order valence-electron chi connectivity index (χ2n) is 2.82. The van der Waals surface area contributed by atoms with E-state index in [-0.39, 0.29) is 0 Å². The first kappa shape index (κ1) is 8.30. The fraction of sp³-hybridized carbons (Fsp3) is 0.375. The van der Waals surface area contributed by atoms with Gasteiger partial charge in [-0.25, -0.2) is 4.98 Å². The Hall–Kier alpha value is -0.310. The SMILES string of the molecule is Clc1cc([C@H]2CCN2)c(Cl)cn1. The van der Waals surface area contributed by atoms with Gasteiger partial charge in [0, 0.05) is 12.2 Å². The molecule has 0 spiro atoms. The Morgan fingerprint density at radius 1 is 1.50 bits per heavy atom. The van der Waals surface area contributed by atoms with Gasteiger partial charge in [0.15, 0.2) is 0 Å². The van der Waals surface area contributed by atoms with E-state index in [9.17, 15) is 0 Å². The molecule has 1 aliphatic rings. The molecule has 1 aliphatic heterocycles. The zero-order valence-corrected chi connectivity index (χ0v) is 7.86. The lowest BCUT2D eigenvalue weighted by atomic mass is 9.99. The lowest BCUT2D eigenvalue weighted by Crippen LogP contribution is -2.35. The minimum atomic E-state index is 0.373. The molecule has 0 amide bonds. The molecule has 1 fully saturated rings. The lowest BCUT2D eigenvalue weighted by Gasteiger charge is -2.28. The second-order valence-corrected chi connectivity index (χ2v) is 3.62. The van der Waals surface area contributed by atoms with Gasteiger partial charge in [-0.3, -0.25) is 0 Å². The van der Waals surface area contributed by atoms with Gasteiger partial charge in [0.1, 0.15) is 5.15 Å². The molecule has 0 bridgehead atoms. The van der Waals surface area contributed by atoms with Crippen LogP contribution >= 0.6 is 23.2 Å². The van der Waals surface area contributed by atoms with Crippen LogP contribution in [0.2, 0.25) is 10.2 Å². The molecule has 2 heterocycles. The van der Waals surface area contributed by atoms with Crippen LogP contribution in [-0.2, 0) is 0 Å². The minimum Gasteiger partial charge on any atom is -0.310 e. The zero-order valence-electron chi connectivity index (χ0n) is 6.35. The van der Waals surface area contributed by atoms with E-state index < -0.39 is 0 Å². The fourth-order valence-corrected chi connectivity index (χ4v) is 1.65. The lowest BCUT2D eigenvalue weighted by molar-refractivity contribution is 0.383. The molecule has 4 heteroatoms. The van der Waals surface area contributed by atoms with Crippen molar-refractivity contribution in [1.82, 2.24) is 10.3 Å². The third-order valence-corrected chi connectivity index (χ3v) is 2.57. The topological polar surface area (TPSA) is 24.9 Å². The van der Waals surface area contributed by atoms with Gasteiger partial charge in [-0.1, -0.05) is 23.2 Å². The molecule has 0 aliphatic carbocycles. The molecule has 0 saturated carbocycles. The van der Waals surface area contributed by atoms with Crippen molar-refractivity contribution in [1.29, 1.82) is 0 Å². The van der Waals surface area contributed by atoms with E-state index in [1.165, 1.54) is 0 Å². The first-order valence-electron chi connectivity index (χ1n) is 3.81. The summed E-state index contributed by atoms with van der Waals surface area (Å²) in [5, 5.41) is 4.45. The van der Waals surface area contributed by atoms with E-state index in [2.05, 4.69) is 10.3 Å². The highest BCUT2D eigenvalue weighted by Crippen LogP contribution is 2.29. The smallest absolute Gasteiger partial charge is 0.129 e. The molecule has 1 saturated heterocycles. The van der Waals surface area contributed by atoms with Crippen LogP contribution < -0.4 is 5.32 Å². The Morgan fingerprint density at radius 3 is 2.83 bits per heavy atom. The van der Waals surface area contributed by atoms with Gasteiger partial charge in [0.25, 0.3) is 0 Å². The van der Waals surface area contributed by atoms with Crippen molar-refractivity contribution in [3.05, 3.63) is 28.0 Å². The van der Waals surface area contributed by atoms with Crippen molar-refractivity contribution in [2.75, 3.05) is 6.54 Å². The first-order chi connectivity index (χ1) is 5.77. The summed E-state index contributed by atoms with van der Waals surface area (Å²) in [6.07, 6.45) is 2.72. The Kier molecular flexibility index (Phi) is 2.22. The second kappa shape index (κ2) is 3.21. The van der Waals surface area contributed by atoms with E-state index >= 15 is 0 Å². The summed E-state index contributed by atoms with van der Waals surface area (Å²) in [4.78, 5) is 3.89. The number of nitrogens with one attached hydrogen (secondary N) is 1. The van der Waals surface area contributed by atoms with E-state index in [1.807, 2.05) is 6.07 Å². The van der Waals surface area contributed by atoms with E-state index in [0.29, 0.717) is 16.2 Å². The Balaban J connectivity index is 2.34. The normalized spacial score (nSPS) is 22.0. The maximum absolute atomic E-state index is 5.94. The van der Waals surface area contributed by atoms with E-state index in [1.54, 1.807) is 6.20 Å². The van der Waals surface area contributed by atoms with Crippen molar-refractivity contribution < 1.29 is 0 Å². The number of pyridine rings is 1. The predicted molar refractivity (Wildman–Crippen MR) is 49.6 cm³/mol. The van der Waals surface area contributed by atoms with Crippen molar-refractivity contribution >= 4 is 23.2 Å². The third-order valence-electron chi connectivity index (χ3n) is 2.05. The van der Waals surface area contributed by atoms with Gasteiger partial charge >= 0.3 is 0 Å². The van der Waals surface area contributed by atoms with Crippen LogP contribution in [0.1, 0.15) is 18.0 Å². The maximum atomic E-state index is 5.94. The van der Waals surface area contributed by atoms with Crippen LogP contribution in [0.5, 0.6) is 0 Å². The van der Waals surface area contributed by atoms with Crippen molar-refractivity contribution in [2.24, 2.45) is 0 Å². The summed E-state index contributed by atoms with van der Waals surface area (Å²) in [5.74, 6) is 0. The van der Waals surface area contributed by atoms with Crippen LogP contribution in [0.3, 0.4) is 0 Å². The van der Waals surface area contributed by atoms with Gasteiger partial charge in [-0.2, -0.15) is 0 Å². The summed E-state index contributed by atoms with van der Waals surface area (Å²) in [7, 11) is 0. The quantitative estimate of drug-likeness (QED) is 0.709. The largest absolute Gasteiger partial charge is 0.310 e. The highest BCUT2D eigenvalue weighted by molar-refractivity contribution is 6.32. The highest BCUT2D eigenvalue weighted by atomic mass is 35.5. The van der Waals surface area contributed by atoms with Crippen LogP contribution in [0, 0.1) is 0 Å². The average molecular weight is 203 g/mol. The Bertz CT molecular complexity index is 297. The predicted octanol–water partition coefficient (Wildman–Crippen LogP) is 2.42. The Morgan fingerprint density at radius 2 is 2.25 bits per heavy atom. The van der Waals surface area contributed by atoms with Gasteiger partial charge in [-0.05, 0) is 24.6 Å². The maximum Gasteiger partial charge on any atom is 0.129 e. The number of nitrogens with zero attached hydrogens (tertiary/aromatic N) is 1. The van der Waals surface area contributed by atoms with E-state index in [0.717, 1.165) is 18.5 Å². The summed E-state index contributed by atoms with van der Waals surface area (Å²) in [6.45, 7) is 1.06. The fourth-order valence-electron chi connectivity index (χ4n) is 1.25. The number of hydrogen-bond acceptors (Lipinski definition) is 2.